The molecular weight excluding hydrogens is 436 g/mol. The number of amides is 1. The van der Waals surface area contributed by atoms with Gasteiger partial charge in [0.1, 0.15) is 0 Å². The summed E-state index contributed by atoms with van der Waals surface area (Å²) in [5, 5.41) is 0. The molecule has 1 aliphatic heterocycles. The van der Waals surface area contributed by atoms with Crippen LogP contribution in [-0.2, 0) is 24.7 Å². The van der Waals surface area contributed by atoms with Gasteiger partial charge in [0.05, 0.1) is 14.7 Å². The predicted octanol–water partition coefficient (Wildman–Crippen LogP) is 2.51. The molecule has 0 bridgehead atoms. The molecular formula is C22H26N2O5S2. The zero-order chi connectivity index (χ0) is 22.2. The van der Waals surface area contributed by atoms with Crippen molar-refractivity contribution in [3.05, 3.63) is 54.1 Å². The molecule has 1 amide bonds. The van der Waals surface area contributed by atoms with Gasteiger partial charge in [-0.1, -0.05) is 24.3 Å². The van der Waals surface area contributed by atoms with Crippen LogP contribution in [0.2, 0.25) is 0 Å². The number of nitrogens with zero attached hydrogens (tertiary/aromatic N) is 1. The highest BCUT2D eigenvalue weighted by molar-refractivity contribution is 7.91. The van der Waals surface area contributed by atoms with Gasteiger partial charge in [0, 0.05) is 25.0 Å². The second-order valence-corrected chi connectivity index (χ2v) is 11.9. The third-order valence-corrected chi connectivity index (χ3v) is 9.30. The summed E-state index contributed by atoms with van der Waals surface area (Å²) in [6, 6.07) is 11.8. The summed E-state index contributed by atoms with van der Waals surface area (Å²) in [4.78, 5) is 14.0. The minimum absolute atomic E-state index is 0.0407. The minimum Gasteiger partial charge on any atom is -0.342 e. The van der Waals surface area contributed by atoms with E-state index in [9.17, 15) is 21.6 Å². The van der Waals surface area contributed by atoms with Gasteiger partial charge in [-0.05, 0) is 62.4 Å². The lowest BCUT2D eigenvalue weighted by Crippen LogP contribution is -2.47. The lowest BCUT2D eigenvalue weighted by molar-refractivity contribution is -0.133. The van der Waals surface area contributed by atoms with E-state index in [-0.39, 0.29) is 32.6 Å². The van der Waals surface area contributed by atoms with Crippen molar-refractivity contribution in [1.82, 2.24) is 9.62 Å². The Labute approximate surface area is 183 Å². The SMILES string of the molecule is Cc1ccc(S(=O)(=O)c2ccccc2)cc1S(=O)(=O)NC1CCN(C(=O)C2CC2)CC1. The molecule has 1 saturated carbocycles. The smallest absolute Gasteiger partial charge is 0.241 e. The van der Waals surface area contributed by atoms with Crippen molar-refractivity contribution >= 4 is 25.8 Å². The number of nitrogens with one attached hydrogen (secondary N) is 1. The molecule has 1 N–H and O–H groups in total. The van der Waals surface area contributed by atoms with E-state index in [4.69, 9.17) is 0 Å². The van der Waals surface area contributed by atoms with Crippen molar-refractivity contribution in [3.8, 4) is 0 Å². The Hall–Kier alpha value is -2.23. The van der Waals surface area contributed by atoms with Crippen LogP contribution in [0, 0.1) is 12.8 Å². The highest BCUT2D eigenvalue weighted by Gasteiger charge is 2.35. The fourth-order valence-electron chi connectivity index (χ4n) is 3.86. The number of rotatable bonds is 6. The number of carbonyl (C=O) groups is 1. The molecule has 0 unspecified atom stereocenters. The fraction of sp³-hybridized carbons (Fsp3) is 0.409. The molecule has 7 nitrogen and oxygen atoms in total. The number of sulfonamides is 1. The number of aryl methyl sites for hydroxylation is 1. The number of likely N-dealkylation sites (tertiary alicyclic amines) is 1. The van der Waals surface area contributed by atoms with Crippen molar-refractivity contribution in [2.45, 2.75) is 53.3 Å². The van der Waals surface area contributed by atoms with Crippen molar-refractivity contribution in [2.24, 2.45) is 5.92 Å². The van der Waals surface area contributed by atoms with Crippen LogP contribution < -0.4 is 4.72 Å². The second kappa shape index (κ2) is 8.37. The molecule has 31 heavy (non-hydrogen) atoms. The zero-order valence-electron chi connectivity index (χ0n) is 17.3. The Kier molecular flexibility index (Phi) is 5.93. The molecule has 0 spiro atoms. The van der Waals surface area contributed by atoms with E-state index < -0.39 is 19.9 Å². The molecule has 0 atom stereocenters. The van der Waals surface area contributed by atoms with Crippen LogP contribution in [-0.4, -0.2) is 46.8 Å². The van der Waals surface area contributed by atoms with Gasteiger partial charge in [-0.2, -0.15) is 0 Å². The molecule has 1 saturated heterocycles. The van der Waals surface area contributed by atoms with Crippen molar-refractivity contribution in [1.29, 1.82) is 0 Å². The lowest BCUT2D eigenvalue weighted by Gasteiger charge is -2.32. The standard InChI is InChI=1S/C22H26N2O5S2/c1-16-7-10-20(30(26,27)19-5-3-2-4-6-19)15-21(16)31(28,29)23-18-11-13-24(14-12-18)22(25)17-8-9-17/h2-7,10,15,17-18,23H,8-9,11-14H2,1H3. The molecule has 2 fully saturated rings. The highest BCUT2D eigenvalue weighted by atomic mass is 32.2. The molecule has 0 aromatic heterocycles. The van der Waals surface area contributed by atoms with Gasteiger partial charge in [0.15, 0.2) is 0 Å². The number of hydrogen-bond donors (Lipinski definition) is 1. The first-order valence-electron chi connectivity index (χ1n) is 10.4. The Morgan fingerprint density at radius 3 is 2.16 bits per heavy atom. The van der Waals surface area contributed by atoms with E-state index in [1.807, 2.05) is 4.90 Å². The van der Waals surface area contributed by atoms with E-state index in [1.165, 1.54) is 30.3 Å². The first-order chi connectivity index (χ1) is 14.7. The van der Waals surface area contributed by atoms with E-state index >= 15 is 0 Å². The first-order valence-corrected chi connectivity index (χ1v) is 13.4. The quantitative estimate of drug-likeness (QED) is 0.711. The van der Waals surface area contributed by atoms with Crippen LogP contribution in [0.1, 0.15) is 31.2 Å². The number of benzene rings is 2. The van der Waals surface area contributed by atoms with Crippen molar-refractivity contribution in [3.63, 3.8) is 0 Å². The zero-order valence-corrected chi connectivity index (χ0v) is 19.0. The normalized spacial score (nSPS) is 18.2. The summed E-state index contributed by atoms with van der Waals surface area (Å²) in [6.45, 7) is 2.71. The summed E-state index contributed by atoms with van der Waals surface area (Å²) >= 11 is 0. The molecule has 166 valence electrons. The van der Waals surface area contributed by atoms with Crippen molar-refractivity contribution < 1.29 is 21.6 Å². The molecule has 1 aliphatic carbocycles. The van der Waals surface area contributed by atoms with E-state index in [0.717, 1.165) is 12.8 Å². The van der Waals surface area contributed by atoms with E-state index in [1.54, 1.807) is 25.1 Å². The molecule has 9 heteroatoms. The maximum absolute atomic E-state index is 13.1. The molecule has 2 aromatic carbocycles. The Bertz CT molecular complexity index is 1180. The van der Waals surface area contributed by atoms with Gasteiger partial charge in [-0.15, -0.1) is 0 Å². The van der Waals surface area contributed by atoms with E-state index in [2.05, 4.69) is 4.72 Å². The molecule has 1 heterocycles. The largest absolute Gasteiger partial charge is 0.342 e. The monoisotopic (exact) mass is 462 g/mol. The second-order valence-electron chi connectivity index (χ2n) is 8.24. The van der Waals surface area contributed by atoms with Crippen LogP contribution in [0.3, 0.4) is 0 Å². The van der Waals surface area contributed by atoms with Crippen LogP contribution in [0.5, 0.6) is 0 Å². The molecule has 4 rings (SSSR count). The van der Waals surface area contributed by atoms with Gasteiger partial charge in [0.25, 0.3) is 0 Å². The Balaban J connectivity index is 1.52. The third kappa shape index (κ3) is 4.68. The molecule has 2 aliphatic rings. The van der Waals surface area contributed by atoms with Gasteiger partial charge >= 0.3 is 0 Å². The average Bonchev–Trinajstić information content (AvgIpc) is 3.59. The first kappa shape index (κ1) is 22.0. The van der Waals surface area contributed by atoms with Crippen LogP contribution >= 0.6 is 0 Å². The highest BCUT2D eigenvalue weighted by Crippen LogP contribution is 2.32. The number of piperidine rings is 1. The van der Waals surface area contributed by atoms with E-state index in [0.29, 0.717) is 31.5 Å². The maximum atomic E-state index is 13.1. The summed E-state index contributed by atoms with van der Waals surface area (Å²) in [6.07, 6.45) is 2.98. The topological polar surface area (TPSA) is 101 Å². The van der Waals surface area contributed by atoms with Gasteiger partial charge in [-0.25, -0.2) is 21.6 Å². The van der Waals surface area contributed by atoms with Crippen LogP contribution in [0.25, 0.3) is 0 Å². The summed E-state index contributed by atoms with van der Waals surface area (Å²) in [5.41, 5.74) is 0.473. The van der Waals surface area contributed by atoms with Crippen molar-refractivity contribution in [2.75, 3.05) is 13.1 Å². The Morgan fingerprint density at radius 2 is 1.55 bits per heavy atom. The van der Waals surface area contributed by atoms with Gasteiger partial charge in [0.2, 0.25) is 25.8 Å². The van der Waals surface area contributed by atoms with Crippen LogP contribution in [0.4, 0.5) is 0 Å². The Morgan fingerprint density at radius 1 is 0.903 bits per heavy atom. The summed E-state index contributed by atoms with van der Waals surface area (Å²) < 4.78 is 54.7. The van der Waals surface area contributed by atoms with Gasteiger partial charge < -0.3 is 4.90 Å². The number of sulfone groups is 1. The van der Waals surface area contributed by atoms with Gasteiger partial charge in [-0.3, -0.25) is 4.79 Å². The molecule has 0 radical (unpaired) electrons. The average molecular weight is 463 g/mol. The lowest BCUT2D eigenvalue weighted by atomic mass is 10.1. The summed E-state index contributed by atoms with van der Waals surface area (Å²) in [5.74, 6) is 0.334. The summed E-state index contributed by atoms with van der Waals surface area (Å²) in [7, 11) is -7.74. The minimum atomic E-state index is -3.92. The third-order valence-electron chi connectivity index (χ3n) is 5.87. The fourth-order valence-corrected chi connectivity index (χ4v) is 6.82. The number of hydrogen-bond acceptors (Lipinski definition) is 5. The van der Waals surface area contributed by atoms with Crippen LogP contribution in [0.15, 0.2) is 63.2 Å². The number of carbonyl (C=O) groups excluding carboxylic acids is 1. The molecule has 2 aromatic rings. The predicted molar refractivity (Wildman–Crippen MR) is 116 cm³/mol. The maximum Gasteiger partial charge on any atom is 0.241 e.